The van der Waals surface area contributed by atoms with E-state index in [0.29, 0.717) is 12.2 Å². The Labute approximate surface area is 207 Å². The molecule has 0 saturated heterocycles. The molecule has 192 valence electrons. The molecular formula is C30H56O2Si. The van der Waals surface area contributed by atoms with Crippen molar-refractivity contribution in [2.75, 3.05) is 0 Å². The van der Waals surface area contributed by atoms with Crippen LogP contribution in [0, 0.1) is 0 Å². The summed E-state index contributed by atoms with van der Waals surface area (Å²) in [4.78, 5) is 0. The second-order valence-electron chi connectivity index (χ2n) is 12.3. The Bertz CT molecular complexity index is 445. The standard InChI is InChI=1S/C30H56O2Si/c1-3-15-23-29(24-16-4-1)33(30-25-17-5-2-6-18-26-30,31-27-19-11-7-8-12-20-27)32-28-21-13-9-10-14-22-28/h27-30H,1-26H2. The molecule has 0 amide bonds. The Balaban J connectivity index is 1.64. The van der Waals surface area contributed by atoms with E-state index in [2.05, 4.69) is 0 Å². The zero-order chi connectivity index (χ0) is 22.6. The minimum absolute atomic E-state index is 0.501. The van der Waals surface area contributed by atoms with Crippen LogP contribution in [0.2, 0.25) is 11.1 Å². The van der Waals surface area contributed by atoms with Gasteiger partial charge in [-0.15, -0.1) is 0 Å². The highest BCUT2D eigenvalue weighted by molar-refractivity contribution is 6.70. The summed E-state index contributed by atoms with van der Waals surface area (Å²) in [6.07, 6.45) is 37.5. The lowest BCUT2D eigenvalue weighted by atomic mass is 10.00. The van der Waals surface area contributed by atoms with Crippen molar-refractivity contribution in [2.45, 2.75) is 190 Å². The second-order valence-corrected chi connectivity index (χ2v) is 15.8. The quantitative estimate of drug-likeness (QED) is 0.280. The first-order valence-electron chi connectivity index (χ1n) is 15.7. The van der Waals surface area contributed by atoms with Crippen LogP contribution in [0.3, 0.4) is 0 Å². The monoisotopic (exact) mass is 476 g/mol. The van der Waals surface area contributed by atoms with Gasteiger partial charge in [0.1, 0.15) is 0 Å². The maximum Gasteiger partial charge on any atom is 0.345 e. The van der Waals surface area contributed by atoms with E-state index < -0.39 is 8.56 Å². The molecule has 0 radical (unpaired) electrons. The minimum atomic E-state index is -2.32. The van der Waals surface area contributed by atoms with Crippen LogP contribution in [-0.4, -0.2) is 20.8 Å². The molecule has 4 rings (SSSR count). The molecule has 0 aliphatic heterocycles. The van der Waals surface area contributed by atoms with Gasteiger partial charge in [0, 0.05) is 23.3 Å². The van der Waals surface area contributed by atoms with Crippen LogP contribution >= 0.6 is 0 Å². The normalized spacial score (nSPS) is 27.6. The third-order valence-corrected chi connectivity index (χ3v) is 14.5. The highest BCUT2D eigenvalue weighted by Crippen LogP contribution is 2.50. The number of rotatable bonds is 6. The molecule has 33 heavy (non-hydrogen) atoms. The van der Waals surface area contributed by atoms with Crippen LogP contribution in [0.1, 0.15) is 167 Å². The van der Waals surface area contributed by atoms with Crippen LogP contribution < -0.4 is 0 Å². The number of hydrogen-bond acceptors (Lipinski definition) is 2. The van der Waals surface area contributed by atoms with Crippen molar-refractivity contribution in [2.24, 2.45) is 0 Å². The summed E-state index contributed by atoms with van der Waals surface area (Å²) >= 11 is 0. The van der Waals surface area contributed by atoms with E-state index in [-0.39, 0.29) is 0 Å². The average Bonchev–Trinajstić information content (AvgIpc) is 3.18. The highest BCUT2D eigenvalue weighted by atomic mass is 28.4. The van der Waals surface area contributed by atoms with Gasteiger partial charge >= 0.3 is 8.56 Å². The van der Waals surface area contributed by atoms with E-state index >= 15 is 0 Å². The van der Waals surface area contributed by atoms with Crippen LogP contribution in [-0.2, 0) is 8.85 Å². The summed E-state index contributed by atoms with van der Waals surface area (Å²) in [5, 5.41) is 0. The van der Waals surface area contributed by atoms with Crippen molar-refractivity contribution in [1.82, 2.24) is 0 Å². The molecule has 0 heterocycles. The summed E-state index contributed by atoms with van der Waals surface area (Å²) in [6, 6.07) is 0. The first-order chi connectivity index (χ1) is 16.4. The fourth-order valence-corrected chi connectivity index (χ4v) is 13.1. The van der Waals surface area contributed by atoms with Gasteiger partial charge in [-0.3, -0.25) is 0 Å². The van der Waals surface area contributed by atoms with Crippen molar-refractivity contribution in [3.05, 3.63) is 0 Å². The Kier molecular flexibility index (Phi) is 11.6. The van der Waals surface area contributed by atoms with Gasteiger partial charge in [0.15, 0.2) is 0 Å². The molecule has 0 aromatic carbocycles. The van der Waals surface area contributed by atoms with Crippen molar-refractivity contribution >= 4 is 8.56 Å². The lowest BCUT2D eigenvalue weighted by Gasteiger charge is -2.47. The van der Waals surface area contributed by atoms with E-state index in [1.807, 2.05) is 0 Å². The van der Waals surface area contributed by atoms with Crippen molar-refractivity contribution in [1.29, 1.82) is 0 Å². The van der Waals surface area contributed by atoms with Gasteiger partial charge in [-0.1, -0.05) is 116 Å². The van der Waals surface area contributed by atoms with Gasteiger partial charge < -0.3 is 8.85 Å². The maximum absolute atomic E-state index is 7.69. The van der Waals surface area contributed by atoms with Gasteiger partial charge in [-0.05, 0) is 51.4 Å². The molecule has 4 saturated carbocycles. The lowest BCUT2D eigenvalue weighted by Crippen LogP contribution is -2.55. The zero-order valence-electron chi connectivity index (χ0n) is 22.0. The summed E-state index contributed by atoms with van der Waals surface area (Å²) in [5.74, 6) is 0. The Morgan fingerprint density at radius 2 is 0.545 bits per heavy atom. The van der Waals surface area contributed by atoms with Crippen molar-refractivity contribution < 1.29 is 8.85 Å². The molecule has 3 heteroatoms. The first kappa shape index (κ1) is 26.2. The molecule has 0 aromatic heterocycles. The Morgan fingerprint density at radius 3 is 0.848 bits per heavy atom. The van der Waals surface area contributed by atoms with Gasteiger partial charge in [-0.25, -0.2) is 0 Å². The first-order valence-corrected chi connectivity index (χ1v) is 17.7. The summed E-state index contributed by atoms with van der Waals surface area (Å²) in [6.45, 7) is 0. The number of hydrogen-bond donors (Lipinski definition) is 0. The van der Waals surface area contributed by atoms with E-state index in [1.54, 1.807) is 0 Å². The molecule has 2 nitrogen and oxygen atoms in total. The Morgan fingerprint density at radius 1 is 0.303 bits per heavy atom. The zero-order valence-corrected chi connectivity index (χ0v) is 23.0. The van der Waals surface area contributed by atoms with Gasteiger partial charge in [-0.2, -0.15) is 0 Å². The van der Waals surface area contributed by atoms with Gasteiger partial charge in [0.05, 0.1) is 0 Å². The minimum Gasteiger partial charge on any atom is -0.391 e. The predicted octanol–water partition coefficient (Wildman–Crippen LogP) is 10.1. The molecule has 0 bridgehead atoms. The average molecular weight is 477 g/mol. The van der Waals surface area contributed by atoms with Crippen molar-refractivity contribution in [3.8, 4) is 0 Å². The smallest absolute Gasteiger partial charge is 0.345 e. The third kappa shape index (κ3) is 8.07. The summed E-state index contributed by atoms with van der Waals surface area (Å²) in [5.41, 5.74) is 1.52. The fourth-order valence-electron chi connectivity index (χ4n) is 7.70. The SMILES string of the molecule is C1CCCC([Si](OC2CCCCCC2)(OC2CCCCCC2)C2CCCCCCC2)CCC1. The van der Waals surface area contributed by atoms with Gasteiger partial charge in [0.2, 0.25) is 0 Å². The largest absolute Gasteiger partial charge is 0.391 e. The van der Waals surface area contributed by atoms with Crippen molar-refractivity contribution in [3.63, 3.8) is 0 Å². The fraction of sp³-hybridized carbons (Fsp3) is 1.00. The molecule has 0 aromatic rings. The highest BCUT2D eigenvalue weighted by Gasteiger charge is 2.54. The van der Waals surface area contributed by atoms with E-state index in [0.717, 1.165) is 11.1 Å². The maximum atomic E-state index is 7.69. The molecule has 0 unspecified atom stereocenters. The third-order valence-electron chi connectivity index (χ3n) is 9.65. The molecule has 0 spiro atoms. The predicted molar refractivity (Wildman–Crippen MR) is 143 cm³/mol. The van der Waals surface area contributed by atoms with Gasteiger partial charge in [0.25, 0.3) is 0 Å². The van der Waals surface area contributed by atoms with E-state index in [9.17, 15) is 0 Å². The summed E-state index contributed by atoms with van der Waals surface area (Å²) < 4.78 is 15.4. The molecule has 4 fully saturated rings. The van der Waals surface area contributed by atoms with E-state index in [4.69, 9.17) is 8.85 Å². The molecule has 4 aliphatic rings. The van der Waals surface area contributed by atoms with E-state index in [1.165, 1.54) is 167 Å². The van der Waals surface area contributed by atoms with Crippen LogP contribution in [0.25, 0.3) is 0 Å². The second kappa shape index (κ2) is 14.6. The molecule has 0 N–H and O–H groups in total. The Hall–Kier alpha value is 0.137. The topological polar surface area (TPSA) is 18.5 Å². The van der Waals surface area contributed by atoms with Crippen LogP contribution in [0.15, 0.2) is 0 Å². The molecular weight excluding hydrogens is 420 g/mol. The van der Waals surface area contributed by atoms with Crippen LogP contribution in [0.5, 0.6) is 0 Å². The molecule has 0 atom stereocenters. The molecule has 4 aliphatic carbocycles. The summed E-state index contributed by atoms with van der Waals surface area (Å²) in [7, 11) is -2.32. The van der Waals surface area contributed by atoms with Crippen LogP contribution in [0.4, 0.5) is 0 Å². The lowest BCUT2D eigenvalue weighted by molar-refractivity contribution is 0.0454.